The Kier molecular flexibility index (Phi) is 2.97. The fourth-order valence-corrected chi connectivity index (χ4v) is 2.18. The molecule has 2 heterocycles. The monoisotopic (exact) mass is 249 g/mol. The Morgan fingerprint density at radius 2 is 1.94 bits per heavy atom. The van der Waals surface area contributed by atoms with Gasteiger partial charge < -0.3 is 9.47 Å². The molecule has 1 saturated heterocycles. The molecule has 0 radical (unpaired) electrons. The van der Waals surface area contributed by atoms with Crippen molar-refractivity contribution in [2.45, 2.75) is 12.7 Å². The Labute approximate surface area is 104 Å². The molecule has 0 saturated carbocycles. The molecule has 17 heavy (non-hydrogen) atoms. The van der Waals surface area contributed by atoms with Crippen molar-refractivity contribution >= 4 is 22.5 Å². The van der Waals surface area contributed by atoms with Crippen LogP contribution in [0.4, 0.5) is 0 Å². The Morgan fingerprint density at radius 3 is 2.76 bits per heavy atom. The standard InChI is InChI=1S/C13H12ClNO2/c14-12-6-5-9-10(3-1-4-11(9)15-12)13-16-7-2-8-17-13/h1,3-6,13H,2,7-8H2. The van der Waals surface area contributed by atoms with E-state index in [2.05, 4.69) is 4.98 Å². The van der Waals surface area contributed by atoms with Crippen LogP contribution in [0, 0.1) is 0 Å². The molecular weight excluding hydrogens is 238 g/mol. The van der Waals surface area contributed by atoms with Gasteiger partial charge >= 0.3 is 0 Å². The third-order valence-corrected chi connectivity index (χ3v) is 3.02. The number of rotatable bonds is 1. The Balaban J connectivity index is 2.09. The zero-order valence-electron chi connectivity index (χ0n) is 9.23. The van der Waals surface area contributed by atoms with Crippen molar-refractivity contribution in [2.75, 3.05) is 13.2 Å². The van der Waals surface area contributed by atoms with Crippen LogP contribution in [-0.2, 0) is 9.47 Å². The minimum absolute atomic E-state index is 0.282. The van der Waals surface area contributed by atoms with Crippen LogP contribution >= 0.6 is 11.6 Å². The number of benzene rings is 1. The number of aromatic nitrogens is 1. The highest BCUT2D eigenvalue weighted by Gasteiger charge is 2.18. The van der Waals surface area contributed by atoms with Crippen LogP contribution in [0.5, 0.6) is 0 Å². The number of hydrogen-bond donors (Lipinski definition) is 0. The summed E-state index contributed by atoms with van der Waals surface area (Å²) in [5.41, 5.74) is 1.89. The normalized spacial score (nSPS) is 17.5. The predicted octanol–water partition coefficient (Wildman–Crippen LogP) is 3.32. The predicted molar refractivity (Wildman–Crippen MR) is 66.0 cm³/mol. The molecular formula is C13H12ClNO2. The van der Waals surface area contributed by atoms with Gasteiger partial charge in [0.05, 0.1) is 18.7 Å². The summed E-state index contributed by atoms with van der Waals surface area (Å²) >= 11 is 5.88. The van der Waals surface area contributed by atoms with Gasteiger partial charge in [0.2, 0.25) is 0 Å². The highest BCUT2D eigenvalue weighted by atomic mass is 35.5. The molecule has 0 bridgehead atoms. The molecule has 0 amide bonds. The first-order chi connectivity index (χ1) is 8.34. The van der Waals surface area contributed by atoms with Gasteiger partial charge in [-0.2, -0.15) is 0 Å². The molecule has 4 heteroatoms. The van der Waals surface area contributed by atoms with E-state index >= 15 is 0 Å². The van der Waals surface area contributed by atoms with Crippen LogP contribution in [0.2, 0.25) is 5.15 Å². The fourth-order valence-electron chi connectivity index (χ4n) is 2.03. The van der Waals surface area contributed by atoms with Gasteiger partial charge in [-0.3, -0.25) is 0 Å². The summed E-state index contributed by atoms with van der Waals surface area (Å²) < 4.78 is 11.2. The maximum Gasteiger partial charge on any atom is 0.184 e. The summed E-state index contributed by atoms with van der Waals surface area (Å²) in [6.45, 7) is 1.48. The molecule has 1 fully saturated rings. The van der Waals surface area contributed by atoms with E-state index in [0.717, 1.165) is 36.1 Å². The minimum Gasteiger partial charge on any atom is -0.348 e. The van der Waals surface area contributed by atoms with E-state index in [1.54, 1.807) is 6.07 Å². The van der Waals surface area contributed by atoms with Gasteiger partial charge in [-0.15, -0.1) is 0 Å². The lowest BCUT2D eigenvalue weighted by Crippen LogP contribution is -2.17. The summed E-state index contributed by atoms with van der Waals surface area (Å²) in [4.78, 5) is 4.29. The second-order valence-electron chi connectivity index (χ2n) is 3.97. The maximum absolute atomic E-state index is 5.88. The lowest BCUT2D eigenvalue weighted by molar-refractivity contribution is -0.182. The molecule has 3 rings (SSSR count). The van der Waals surface area contributed by atoms with Crippen LogP contribution in [0.3, 0.4) is 0 Å². The van der Waals surface area contributed by atoms with Gasteiger partial charge in [-0.05, 0) is 24.6 Å². The van der Waals surface area contributed by atoms with Gasteiger partial charge in [0.15, 0.2) is 6.29 Å². The van der Waals surface area contributed by atoms with Crippen molar-refractivity contribution in [3.63, 3.8) is 0 Å². The fraction of sp³-hybridized carbons (Fsp3) is 0.308. The summed E-state index contributed by atoms with van der Waals surface area (Å²) in [6, 6.07) is 9.64. The average molecular weight is 250 g/mol. The zero-order valence-corrected chi connectivity index (χ0v) is 9.98. The third-order valence-electron chi connectivity index (χ3n) is 2.81. The molecule has 0 unspecified atom stereocenters. The molecule has 0 spiro atoms. The summed E-state index contributed by atoms with van der Waals surface area (Å²) in [5, 5.41) is 1.53. The Morgan fingerprint density at radius 1 is 1.12 bits per heavy atom. The largest absolute Gasteiger partial charge is 0.348 e. The molecule has 0 N–H and O–H groups in total. The molecule has 1 aromatic carbocycles. The Bertz CT molecular complexity index is 538. The lowest BCUT2D eigenvalue weighted by atomic mass is 10.1. The van der Waals surface area contributed by atoms with Gasteiger partial charge in [-0.1, -0.05) is 23.7 Å². The van der Waals surface area contributed by atoms with E-state index in [-0.39, 0.29) is 6.29 Å². The molecule has 2 aromatic rings. The Hall–Kier alpha value is -1.16. The van der Waals surface area contributed by atoms with E-state index < -0.39 is 0 Å². The molecule has 1 aliphatic heterocycles. The van der Waals surface area contributed by atoms with E-state index in [4.69, 9.17) is 21.1 Å². The van der Waals surface area contributed by atoms with E-state index in [1.807, 2.05) is 24.3 Å². The molecule has 0 atom stereocenters. The SMILES string of the molecule is Clc1ccc2c(C3OCCCO3)cccc2n1. The summed E-state index contributed by atoms with van der Waals surface area (Å²) in [6.07, 6.45) is 0.668. The number of hydrogen-bond acceptors (Lipinski definition) is 3. The van der Waals surface area contributed by atoms with E-state index in [1.165, 1.54) is 0 Å². The summed E-state index contributed by atoms with van der Waals surface area (Å²) in [5.74, 6) is 0. The number of ether oxygens (including phenoxy) is 2. The number of nitrogens with zero attached hydrogens (tertiary/aromatic N) is 1. The van der Waals surface area contributed by atoms with Gasteiger partial charge in [0, 0.05) is 10.9 Å². The smallest absolute Gasteiger partial charge is 0.184 e. The van der Waals surface area contributed by atoms with Crippen LogP contribution < -0.4 is 0 Å². The van der Waals surface area contributed by atoms with Crippen LogP contribution in [0.1, 0.15) is 18.3 Å². The van der Waals surface area contributed by atoms with Crippen molar-refractivity contribution in [2.24, 2.45) is 0 Å². The van der Waals surface area contributed by atoms with Crippen molar-refractivity contribution in [3.05, 3.63) is 41.0 Å². The first kappa shape index (κ1) is 11.0. The molecule has 88 valence electrons. The zero-order chi connectivity index (χ0) is 11.7. The third kappa shape index (κ3) is 2.14. The van der Waals surface area contributed by atoms with Gasteiger partial charge in [-0.25, -0.2) is 4.98 Å². The van der Waals surface area contributed by atoms with E-state index in [9.17, 15) is 0 Å². The molecule has 1 aromatic heterocycles. The van der Waals surface area contributed by atoms with Crippen LogP contribution in [0.25, 0.3) is 10.9 Å². The quantitative estimate of drug-likeness (QED) is 0.727. The number of pyridine rings is 1. The first-order valence-corrected chi connectivity index (χ1v) is 6.01. The van der Waals surface area contributed by atoms with E-state index in [0.29, 0.717) is 5.15 Å². The topological polar surface area (TPSA) is 31.4 Å². The number of halogens is 1. The highest BCUT2D eigenvalue weighted by Crippen LogP contribution is 2.29. The summed E-state index contributed by atoms with van der Waals surface area (Å²) in [7, 11) is 0. The minimum atomic E-state index is -0.282. The average Bonchev–Trinajstić information content (AvgIpc) is 2.39. The van der Waals surface area contributed by atoms with Crippen LogP contribution in [-0.4, -0.2) is 18.2 Å². The highest BCUT2D eigenvalue weighted by molar-refractivity contribution is 6.29. The lowest BCUT2D eigenvalue weighted by Gasteiger charge is -2.24. The van der Waals surface area contributed by atoms with Crippen molar-refractivity contribution in [3.8, 4) is 0 Å². The second-order valence-corrected chi connectivity index (χ2v) is 4.36. The van der Waals surface area contributed by atoms with Gasteiger partial charge in [0.25, 0.3) is 0 Å². The second kappa shape index (κ2) is 4.61. The van der Waals surface area contributed by atoms with Crippen molar-refractivity contribution in [1.82, 2.24) is 4.98 Å². The number of fused-ring (bicyclic) bond motifs is 1. The molecule has 0 aliphatic carbocycles. The van der Waals surface area contributed by atoms with Crippen molar-refractivity contribution < 1.29 is 9.47 Å². The van der Waals surface area contributed by atoms with Gasteiger partial charge in [0.1, 0.15) is 5.15 Å². The van der Waals surface area contributed by atoms with Crippen LogP contribution in [0.15, 0.2) is 30.3 Å². The maximum atomic E-state index is 5.88. The first-order valence-electron chi connectivity index (χ1n) is 5.63. The van der Waals surface area contributed by atoms with Crippen molar-refractivity contribution in [1.29, 1.82) is 0 Å². The molecule has 3 nitrogen and oxygen atoms in total. The molecule has 1 aliphatic rings.